The Morgan fingerprint density at radius 3 is 2.63 bits per heavy atom. The van der Waals surface area contributed by atoms with Gasteiger partial charge in [0.2, 0.25) is 0 Å². The molecule has 4 heteroatoms. The van der Waals surface area contributed by atoms with Crippen molar-refractivity contribution >= 4 is 5.97 Å². The highest BCUT2D eigenvalue weighted by Crippen LogP contribution is 2.62. The van der Waals surface area contributed by atoms with Gasteiger partial charge >= 0.3 is 5.97 Å². The van der Waals surface area contributed by atoms with E-state index in [-0.39, 0.29) is 5.41 Å². The Kier molecular flexibility index (Phi) is 2.09. The Labute approximate surface area is 111 Å². The molecule has 1 aromatic carbocycles. The zero-order valence-corrected chi connectivity index (χ0v) is 10.6. The van der Waals surface area contributed by atoms with Crippen LogP contribution in [0, 0.1) is 5.41 Å². The fourth-order valence-corrected chi connectivity index (χ4v) is 3.53. The Morgan fingerprint density at radius 1 is 1.26 bits per heavy atom. The first kappa shape index (κ1) is 11.3. The van der Waals surface area contributed by atoms with E-state index in [4.69, 9.17) is 9.47 Å². The van der Waals surface area contributed by atoms with Gasteiger partial charge in [-0.2, -0.15) is 0 Å². The van der Waals surface area contributed by atoms with Crippen LogP contribution in [-0.2, 0) is 21.4 Å². The van der Waals surface area contributed by atoms with Crippen LogP contribution in [0.5, 0.6) is 5.75 Å². The minimum atomic E-state index is -0.674. The Hall–Kier alpha value is -1.55. The Bertz CT molecular complexity index is 555. The molecule has 100 valence electrons. The first-order chi connectivity index (χ1) is 9.18. The van der Waals surface area contributed by atoms with Crippen molar-refractivity contribution < 1.29 is 19.4 Å². The molecule has 1 aliphatic carbocycles. The fraction of sp³-hybridized carbons (Fsp3) is 0.533. The lowest BCUT2D eigenvalue weighted by Crippen LogP contribution is -2.56. The molecule has 2 heterocycles. The molecule has 4 rings (SSSR count). The molecular formula is C15H16O4. The highest BCUT2D eigenvalue weighted by molar-refractivity contribution is 5.81. The molecule has 2 fully saturated rings. The number of hydrogen-bond donors (Lipinski definition) is 1. The quantitative estimate of drug-likeness (QED) is 0.899. The summed E-state index contributed by atoms with van der Waals surface area (Å²) in [6.07, 6.45) is 2.44. The van der Waals surface area contributed by atoms with Gasteiger partial charge in [0.25, 0.3) is 0 Å². The van der Waals surface area contributed by atoms with Gasteiger partial charge in [0.05, 0.1) is 30.7 Å². The van der Waals surface area contributed by atoms with Gasteiger partial charge in [0.15, 0.2) is 0 Å². The minimum absolute atomic E-state index is 0.323. The van der Waals surface area contributed by atoms with Crippen molar-refractivity contribution in [3.8, 4) is 5.75 Å². The van der Waals surface area contributed by atoms with Gasteiger partial charge in [-0.15, -0.1) is 0 Å². The van der Waals surface area contributed by atoms with Crippen LogP contribution >= 0.6 is 0 Å². The van der Waals surface area contributed by atoms with Crippen LogP contribution in [0.25, 0.3) is 0 Å². The monoisotopic (exact) mass is 260 g/mol. The van der Waals surface area contributed by atoms with Crippen LogP contribution in [0.1, 0.15) is 24.0 Å². The molecule has 0 spiro atoms. The summed E-state index contributed by atoms with van der Waals surface area (Å²) in [6, 6.07) is 6.14. The smallest absolute Gasteiger partial charge is 0.310 e. The van der Waals surface area contributed by atoms with Gasteiger partial charge in [-0.1, -0.05) is 12.1 Å². The first-order valence-corrected chi connectivity index (χ1v) is 6.75. The van der Waals surface area contributed by atoms with Crippen LogP contribution in [0.15, 0.2) is 18.2 Å². The Morgan fingerprint density at radius 2 is 2.05 bits per heavy atom. The number of benzene rings is 1. The molecule has 0 unspecified atom stereocenters. The van der Waals surface area contributed by atoms with Crippen molar-refractivity contribution in [3.05, 3.63) is 29.3 Å². The molecule has 1 N–H and O–H groups in total. The maximum Gasteiger partial charge on any atom is 0.310 e. The van der Waals surface area contributed by atoms with E-state index >= 15 is 0 Å². The standard InChI is InChI=1S/C15H16O4/c16-13(17)14(4-5-14)15(8-18-9-15)11-1-2-12-10(7-11)3-6-19-12/h1-2,7H,3-6,8-9H2,(H,16,17). The summed E-state index contributed by atoms with van der Waals surface area (Å²) in [5.74, 6) is 0.270. The second-order valence-electron chi connectivity index (χ2n) is 5.88. The van der Waals surface area contributed by atoms with Crippen LogP contribution in [-0.4, -0.2) is 30.9 Å². The van der Waals surface area contributed by atoms with Crippen molar-refractivity contribution in [2.75, 3.05) is 19.8 Å². The maximum absolute atomic E-state index is 11.6. The molecule has 0 atom stereocenters. The molecule has 0 radical (unpaired) electrons. The van der Waals surface area contributed by atoms with Crippen LogP contribution < -0.4 is 4.74 Å². The van der Waals surface area contributed by atoms with E-state index in [1.54, 1.807) is 0 Å². The molecule has 1 saturated heterocycles. The summed E-state index contributed by atoms with van der Waals surface area (Å²) in [7, 11) is 0. The number of carboxylic acid groups (broad SMARTS) is 1. The second-order valence-corrected chi connectivity index (χ2v) is 5.88. The zero-order chi connectivity index (χ0) is 13.1. The minimum Gasteiger partial charge on any atom is -0.493 e. The molecule has 3 aliphatic rings. The molecule has 0 bridgehead atoms. The number of ether oxygens (including phenoxy) is 2. The molecule has 19 heavy (non-hydrogen) atoms. The molecule has 4 nitrogen and oxygen atoms in total. The molecule has 1 saturated carbocycles. The van der Waals surface area contributed by atoms with Crippen molar-refractivity contribution in [2.45, 2.75) is 24.7 Å². The summed E-state index contributed by atoms with van der Waals surface area (Å²) in [5.41, 5.74) is 1.39. The van der Waals surface area contributed by atoms with E-state index < -0.39 is 11.4 Å². The van der Waals surface area contributed by atoms with Crippen LogP contribution in [0.2, 0.25) is 0 Å². The average molecular weight is 260 g/mol. The molecule has 0 aromatic heterocycles. The van der Waals surface area contributed by atoms with Crippen LogP contribution in [0.4, 0.5) is 0 Å². The van der Waals surface area contributed by atoms with Crippen molar-refractivity contribution in [2.24, 2.45) is 5.41 Å². The lowest BCUT2D eigenvalue weighted by molar-refractivity contribution is -0.161. The number of carboxylic acids is 1. The topological polar surface area (TPSA) is 55.8 Å². The number of hydrogen-bond acceptors (Lipinski definition) is 3. The largest absolute Gasteiger partial charge is 0.493 e. The fourth-order valence-electron chi connectivity index (χ4n) is 3.53. The van der Waals surface area contributed by atoms with Gasteiger partial charge in [0.1, 0.15) is 5.75 Å². The first-order valence-electron chi connectivity index (χ1n) is 6.75. The lowest BCUT2D eigenvalue weighted by Gasteiger charge is -2.46. The van der Waals surface area contributed by atoms with E-state index in [9.17, 15) is 9.90 Å². The van der Waals surface area contributed by atoms with E-state index in [0.29, 0.717) is 13.2 Å². The number of carbonyl (C=O) groups is 1. The summed E-state index contributed by atoms with van der Waals surface area (Å²) < 4.78 is 10.9. The zero-order valence-electron chi connectivity index (χ0n) is 10.6. The van der Waals surface area contributed by atoms with Gasteiger partial charge < -0.3 is 14.6 Å². The van der Waals surface area contributed by atoms with Gasteiger partial charge in [-0.3, -0.25) is 4.79 Å². The predicted octanol–water partition coefficient (Wildman–Crippen LogP) is 1.75. The lowest BCUT2D eigenvalue weighted by atomic mass is 9.66. The normalized spacial score (nSPS) is 25.1. The summed E-state index contributed by atoms with van der Waals surface area (Å²) in [5, 5.41) is 9.58. The second kappa shape index (κ2) is 3.51. The van der Waals surface area contributed by atoms with E-state index in [0.717, 1.165) is 37.2 Å². The van der Waals surface area contributed by atoms with Gasteiger partial charge in [-0.05, 0) is 30.0 Å². The van der Waals surface area contributed by atoms with E-state index in [1.165, 1.54) is 5.56 Å². The van der Waals surface area contributed by atoms with Gasteiger partial charge in [-0.25, -0.2) is 0 Å². The van der Waals surface area contributed by atoms with Crippen molar-refractivity contribution in [1.29, 1.82) is 0 Å². The summed E-state index contributed by atoms with van der Waals surface area (Å²) >= 11 is 0. The van der Waals surface area contributed by atoms with Gasteiger partial charge in [0, 0.05) is 6.42 Å². The molecule has 2 aliphatic heterocycles. The highest BCUT2D eigenvalue weighted by Gasteiger charge is 2.68. The number of fused-ring (bicyclic) bond motifs is 1. The average Bonchev–Trinajstić information content (AvgIpc) is 3.01. The summed E-state index contributed by atoms with van der Waals surface area (Å²) in [6.45, 7) is 1.78. The third-order valence-corrected chi connectivity index (χ3v) is 5.01. The van der Waals surface area contributed by atoms with E-state index in [2.05, 4.69) is 6.07 Å². The summed E-state index contributed by atoms with van der Waals surface area (Å²) in [4.78, 5) is 11.6. The molecule has 0 amide bonds. The van der Waals surface area contributed by atoms with Crippen molar-refractivity contribution in [1.82, 2.24) is 0 Å². The maximum atomic E-state index is 11.6. The Balaban J connectivity index is 1.79. The highest BCUT2D eigenvalue weighted by atomic mass is 16.5. The van der Waals surface area contributed by atoms with Crippen molar-refractivity contribution in [3.63, 3.8) is 0 Å². The van der Waals surface area contributed by atoms with Crippen LogP contribution in [0.3, 0.4) is 0 Å². The third kappa shape index (κ3) is 1.30. The SMILES string of the molecule is O=C(O)C1(C2(c3ccc4c(c3)CCO4)COC2)CC1. The predicted molar refractivity (Wildman–Crippen MR) is 67.4 cm³/mol. The molecule has 1 aromatic rings. The molecular weight excluding hydrogens is 244 g/mol. The third-order valence-electron chi connectivity index (χ3n) is 5.01. The number of rotatable bonds is 3. The van der Waals surface area contributed by atoms with E-state index in [1.807, 2.05) is 12.1 Å². The number of aliphatic carboxylic acids is 1.